The number of unbranched alkanes of at least 4 members (excludes halogenated alkanes) is 9. The van der Waals surface area contributed by atoms with Crippen LogP contribution in [0.1, 0.15) is 76.7 Å². The Morgan fingerprint density at radius 3 is 2.17 bits per heavy atom. The molecule has 0 atom stereocenters. The smallest absolute Gasteiger partial charge is 0.314 e. The maximum atomic E-state index is 11.7. The second-order valence-corrected chi connectivity index (χ2v) is 6.48. The first kappa shape index (κ1) is 20.5. The number of rotatable bonds is 14. The molecule has 4 heteroatoms. The molecule has 0 radical (unpaired) electrons. The molecule has 0 saturated heterocycles. The summed E-state index contributed by atoms with van der Waals surface area (Å²) < 4.78 is 0. The molecule has 2 amide bonds. The molecule has 24 heavy (non-hydrogen) atoms. The number of nitrogens with one attached hydrogen (secondary N) is 2. The normalized spacial score (nSPS) is 10.5. The van der Waals surface area contributed by atoms with Crippen LogP contribution < -0.4 is 10.6 Å². The summed E-state index contributed by atoms with van der Waals surface area (Å²) in [6.07, 6.45) is 17.6. The molecule has 0 spiro atoms. The molecule has 2 N–H and O–H groups in total. The maximum Gasteiger partial charge on any atom is 0.314 e. The van der Waals surface area contributed by atoms with E-state index in [9.17, 15) is 4.79 Å². The second-order valence-electron chi connectivity index (χ2n) is 6.48. The van der Waals surface area contributed by atoms with Crippen molar-refractivity contribution in [1.82, 2.24) is 15.6 Å². The van der Waals surface area contributed by atoms with E-state index in [2.05, 4.69) is 22.5 Å². The predicted octanol–water partition coefficient (Wildman–Crippen LogP) is 4.84. The maximum absolute atomic E-state index is 11.7. The van der Waals surface area contributed by atoms with E-state index in [1.807, 2.05) is 18.3 Å². The second kappa shape index (κ2) is 15.0. The molecule has 0 bridgehead atoms. The third-order valence-electron chi connectivity index (χ3n) is 4.24. The molecular weight excluding hydrogens is 298 g/mol. The highest BCUT2D eigenvalue weighted by molar-refractivity contribution is 5.73. The zero-order chi connectivity index (χ0) is 17.3. The minimum Gasteiger partial charge on any atom is -0.338 e. The summed E-state index contributed by atoms with van der Waals surface area (Å²) in [4.78, 5) is 15.7. The van der Waals surface area contributed by atoms with Crippen LogP contribution in [-0.2, 0) is 6.42 Å². The minimum absolute atomic E-state index is 0.0604. The Balaban J connectivity index is 1.82. The summed E-state index contributed by atoms with van der Waals surface area (Å²) in [6.45, 7) is 3.68. The van der Waals surface area contributed by atoms with Crippen molar-refractivity contribution in [2.45, 2.75) is 77.6 Å². The van der Waals surface area contributed by atoms with Gasteiger partial charge in [-0.1, -0.05) is 70.8 Å². The van der Waals surface area contributed by atoms with E-state index in [0.717, 1.165) is 24.9 Å². The van der Waals surface area contributed by atoms with E-state index in [4.69, 9.17) is 0 Å². The van der Waals surface area contributed by atoms with Crippen LogP contribution in [0.15, 0.2) is 24.5 Å². The molecule has 0 aliphatic rings. The van der Waals surface area contributed by atoms with Crippen molar-refractivity contribution >= 4 is 6.03 Å². The molecule has 1 aromatic heterocycles. The molecule has 4 nitrogen and oxygen atoms in total. The number of nitrogens with zero attached hydrogens (tertiary/aromatic N) is 1. The summed E-state index contributed by atoms with van der Waals surface area (Å²) in [6, 6.07) is 3.88. The van der Waals surface area contributed by atoms with E-state index in [1.165, 1.54) is 57.8 Å². The van der Waals surface area contributed by atoms with Crippen LogP contribution in [0.2, 0.25) is 0 Å². The zero-order valence-electron chi connectivity index (χ0n) is 15.4. The Labute approximate surface area is 147 Å². The van der Waals surface area contributed by atoms with Gasteiger partial charge in [-0.2, -0.15) is 0 Å². The first-order valence-electron chi connectivity index (χ1n) is 9.73. The SMILES string of the molecule is CCCCCCCCCCCCNC(=O)NCCc1cccnc1. The molecule has 0 aliphatic heterocycles. The Kier molecular flexibility index (Phi) is 12.8. The molecule has 136 valence electrons. The fraction of sp³-hybridized carbons (Fsp3) is 0.700. The van der Waals surface area contributed by atoms with Crippen LogP contribution in [0.4, 0.5) is 4.79 Å². The molecule has 0 unspecified atom stereocenters. The highest BCUT2D eigenvalue weighted by Gasteiger charge is 1.99. The quantitative estimate of drug-likeness (QED) is 0.478. The lowest BCUT2D eigenvalue weighted by Crippen LogP contribution is -2.37. The molecule has 1 rings (SSSR count). The number of carbonyl (C=O) groups excluding carboxylic acids is 1. The van der Waals surface area contributed by atoms with Crippen LogP contribution in [-0.4, -0.2) is 24.1 Å². The van der Waals surface area contributed by atoms with Gasteiger partial charge in [0.25, 0.3) is 0 Å². The van der Waals surface area contributed by atoms with E-state index in [-0.39, 0.29) is 6.03 Å². The Hall–Kier alpha value is -1.58. The summed E-state index contributed by atoms with van der Waals surface area (Å²) in [5, 5.41) is 5.82. The van der Waals surface area contributed by atoms with Gasteiger partial charge < -0.3 is 10.6 Å². The minimum atomic E-state index is -0.0604. The van der Waals surface area contributed by atoms with Crippen molar-refractivity contribution in [3.05, 3.63) is 30.1 Å². The number of amides is 2. The fourth-order valence-corrected chi connectivity index (χ4v) is 2.74. The standard InChI is InChI=1S/C20H35N3O/c1-2-3-4-5-6-7-8-9-10-11-16-22-20(24)23-17-14-19-13-12-15-21-18-19/h12-13,15,18H,2-11,14,16-17H2,1H3,(H2,22,23,24). The summed E-state index contributed by atoms with van der Waals surface area (Å²) in [7, 11) is 0. The van der Waals surface area contributed by atoms with Gasteiger partial charge in [-0.3, -0.25) is 4.98 Å². The van der Waals surface area contributed by atoms with Crippen molar-refractivity contribution in [3.8, 4) is 0 Å². The largest absolute Gasteiger partial charge is 0.338 e. The monoisotopic (exact) mass is 333 g/mol. The van der Waals surface area contributed by atoms with E-state index in [0.29, 0.717) is 6.54 Å². The van der Waals surface area contributed by atoms with Gasteiger partial charge in [0.15, 0.2) is 0 Å². The van der Waals surface area contributed by atoms with Crippen LogP contribution >= 0.6 is 0 Å². The zero-order valence-corrected chi connectivity index (χ0v) is 15.4. The predicted molar refractivity (Wildman–Crippen MR) is 101 cm³/mol. The number of pyridine rings is 1. The number of hydrogen-bond donors (Lipinski definition) is 2. The molecule has 0 aromatic carbocycles. The topological polar surface area (TPSA) is 54.0 Å². The van der Waals surface area contributed by atoms with Gasteiger partial charge in [0.05, 0.1) is 0 Å². The number of hydrogen-bond acceptors (Lipinski definition) is 2. The van der Waals surface area contributed by atoms with Crippen LogP contribution in [0.3, 0.4) is 0 Å². The number of aromatic nitrogens is 1. The summed E-state index contributed by atoms with van der Waals surface area (Å²) >= 11 is 0. The van der Waals surface area contributed by atoms with E-state index in [1.54, 1.807) is 6.20 Å². The number of urea groups is 1. The van der Waals surface area contributed by atoms with Gasteiger partial charge in [-0.05, 0) is 24.5 Å². The van der Waals surface area contributed by atoms with Crippen molar-refractivity contribution in [2.24, 2.45) is 0 Å². The van der Waals surface area contributed by atoms with Gasteiger partial charge in [0.1, 0.15) is 0 Å². The lowest BCUT2D eigenvalue weighted by Gasteiger charge is -2.07. The first-order valence-corrected chi connectivity index (χ1v) is 9.73. The lowest BCUT2D eigenvalue weighted by molar-refractivity contribution is 0.241. The Bertz CT molecular complexity index is 409. The van der Waals surface area contributed by atoms with Crippen molar-refractivity contribution in [2.75, 3.05) is 13.1 Å². The summed E-state index contributed by atoms with van der Waals surface area (Å²) in [5.41, 5.74) is 1.15. The fourth-order valence-electron chi connectivity index (χ4n) is 2.74. The van der Waals surface area contributed by atoms with Gasteiger partial charge in [0.2, 0.25) is 0 Å². The van der Waals surface area contributed by atoms with Gasteiger partial charge >= 0.3 is 6.03 Å². The molecule has 1 heterocycles. The number of carbonyl (C=O) groups is 1. The molecule has 1 aromatic rings. The van der Waals surface area contributed by atoms with Crippen LogP contribution in [0.5, 0.6) is 0 Å². The lowest BCUT2D eigenvalue weighted by atomic mass is 10.1. The third-order valence-corrected chi connectivity index (χ3v) is 4.24. The third kappa shape index (κ3) is 11.9. The van der Waals surface area contributed by atoms with Gasteiger partial charge in [-0.15, -0.1) is 0 Å². The molecule has 0 saturated carbocycles. The first-order chi connectivity index (χ1) is 11.8. The Morgan fingerprint density at radius 2 is 1.54 bits per heavy atom. The average Bonchev–Trinajstić information content (AvgIpc) is 2.60. The highest BCUT2D eigenvalue weighted by Crippen LogP contribution is 2.10. The van der Waals surface area contributed by atoms with Crippen LogP contribution in [0, 0.1) is 0 Å². The molecule has 0 fully saturated rings. The van der Waals surface area contributed by atoms with Crippen LogP contribution in [0.25, 0.3) is 0 Å². The summed E-state index contributed by atoms with van der Waals surface area (Å²) in [5.74, 6) is 0. The highest BCUT2D eigenvalue weighted by atomic mass is 16.2. The van der Waals surface area contributed by atoms with E-state index < -0.39 is 0 Å². The van der Waals surface area contributed by atoms with Crippen molar-refractivity contribution in [3.63, 3.8) is 0 Å². The van der Waals surface area contributed by atoms with Crippen molar-refractivity contribution in [1.29, 1.82) is 0 Å². The van der Waals surface area contributed by atoms with Gasteiger partial charge in [0, 0.05) is 25.5 Å². The average molecular weight is 334 g/mol. The Morgan fingerprint density at radius 1 is 0.917 bits per heavy atom. The van der Waals surface area contributed by atoms with Crippen molar-refractivity contribution < 1.29 is 4.79 Å². The van der Waals surface area contributed by atoms with Gasteiger partial charge in [-0.25, -0.2) is 4.79 Å². The molecular formula is C20H35N3O. The van der Waals surface area contributed by atoms with E-state index >= 15 is 0 Å². The molecule has 0 aliphatic carbocycles.